The van der Waals surface area contributed by atoms with Crippen molar-refractivity contribution in [2.24, 2.45) is 0 Å². The van der Waals surface area contributed by atoms with Crippen molar-refractivity contribution in [3.8, 4) is 11.6 Å². The van der Waals surface area contributed by atoms with E-state index in [-0.39, 0.29) is 30.7 Å². The minimum absolute atomic E-state index is 0.0178. The second-order valence-corrected chi connectivity index (χ2v) is 8.89. The summed E-state index contributed by atoms with van der Waals surface area (Å²) in [7, 11) is 1.53. The summed E-state index contributed by atoms with van der Waals surface area (Å²) < 4.78 is 7.85. The average Bonchev–Trinajstić information content (AvgIpc) is 2.94. The van der Waals surface area contributed by atoms with Gasteiger partial charge in [0.2, 0.25) is 11.8 Å². The number of fused-ring (bicyclic) bond motifs is 2. The first-order valence-electron chi connectivity index (χ1n) is 12.2. The van der Waals surface area contributed by atoms with Gasteiger partial charge in [-0.2, -0.15) is 4.98 Å². The third-order valence-corrected chi connectivity index (χ3v) is 6.55. The van der Waals surface area contributed by atoms with Gasteiger partial charge in [-0.1, -0.05) is 30.3 Å². The zero-order valence-corrected chi connectivity index (χ0v) is 21.0. The lowest BCUT2D eigenvalue weighted by molar-refractivity contribution is -0.121. The van der Waals surface area contributed by atoms with Crippen LogP contribution in [0.5, 0.6) is 11.6 Å². The van der Waals surface area contributed by atoms with Crippen molar-refractivity contribution in [2.75, 3.05) is 13.7 Å². The van der Waals surface area contributed by atoms with Crippen molar-refractivity contribution < 1.29 is 14.6 Å². The summed E-state index contributed by atoms with van der Waals surface area (Å²) in [5.74, 6) is -1.11. The number of carbonyl (C=O) groups is 1. The van der Waals surface area contributed by atoms with E-state index < -0.39 is 34.4 Å². The molecule has 198 valence electrons. The number of ether oxygens (including phenoxy) is 1. The molecule has 3 heterocycles. The molecule has 0 saturated carbocycles. The number of carbonyl (C=O) groups excluding carboxylic acids is 1. The van der Waals surface area contributed by atoms with Gasteiger partial charge >= 0.3 is 11.1 Å². The van der Waals surface area contributed by atoms with Gasteiger partial charge in [-0.15, -0.1) is 0 Å². The topological polar surface area (TPSA) is 148 Å². The van der Waals surface area contributed by atoms with Crippen molar-refractivity contribution >= 4 is 22.6 Å². The number of nitrogens with one attached hydrogen (secondary N) is 2. The van der Waals surface area contributed by atoms with E-state index in [2.05, 4.69) is 15.3 Å². The first-order valence-corrected chi connectivity index (χ1v) is 12.2. The molecular weight excluding hydrogens is 502 g/mol. The molecule has 0 aliphatic heterocycles. The Morgan fingerprint density at radius 3 is 2.54 bits per heavy atom. The van der Waals surface area contributed by atoms with E-state index in [0.29, 0.717) is 22.3 Å². The zero-order chi connectivity index (χ0) is 27.5. The van der Waals surface area contributed by atoms with Crippen LogP contribution in [0.15, 0.2) is 87.3 Å². The molecule has 3 aromatic heterocycles. The SMILES string of the molecule is COc1ccc(C(CC(=O)NCCn2c(=O)c(=O)[nH]c3ccccc32)c2c(O)nc3ccccn3c2=O)cc1. The Hall–Kier alpha value is -5.19. The van der Waals surface area contributed by atoms with E-state index >= 15 is 0 Å². The van der Waals surface area contributed by atoms with Crippen molar-refractivity contribution in [3.05, 3.63) is 115 Å². The first kappa shape index (κ1) is 25.5. The zero-order valence-electron chi connectivity index (χ0n) is 21.0. The van der Waals surface area contributed by atoms with Crippen molar-refractivity contribution in [1.82, 2.24) is 24.3 Å². The van der Waals surface area contributed by atoms with E-state index in [4.69, 9.17) is 4.74 Å². The molecule has 0 saturated heterocycles. The minimum atomic E-state index is -0.823. The number of aromatic hydroxyl groups is 1. The van der Waals surface area contributed by atoms with E-state index in [1.807, 2.05) is 0 Å². The number of aromatic nitrogens is 4. The van der Waals surface area contributed by atoms with E-state index in [9.17, 15) is 24.3 Å². The van der Waals surface area contributed by atoms with Crippen LogP contribution < -0.4 is 26.7 Å². The number of rotatable bonds is 8. The largest absolute Gasteiger partial charge is 0.497 e. The Morgan fingerprint density at radius 1 is 1.03 bits per heavy atom. The Kier molecular flexibility index (Phi) is 6.96. The monoisotopic (exact) mass is 527 g/mol. The first-order chi connectivity index (χ1) is 18.9. The third-order valence-electron chi connectivity index (χ3n) is 6.55. The van der Waals surface area contributed by atoms with E-state index in [1.54, 1.807) is 72.9 Å². The maximum Gasteiger partial charge on any atom is 0.316 e. The summed E-state index contributed by atoms with van der Waals surface area (Å²) in [6, 6.07) is 18.7. The molecule has 3 N–H and O–H groups in total. The highest BCUT2D eigenvalue weighted by molar-refractivity contribution is 5.78. The lowest BCUT2D eigenvalue weighted by Crippen LogP contribution is -2.39. The van der Waals surface area contributed by atoms with E-state index in [0.717, 1.165) is 0 Å². The van der Waals surface area contributed by atoms with Crippen LogP contribution in [0.3, 0.4) is 0 Å². The second-order valence-electron chi connectivity index (χ2n) is 8.89. The van der Waals surface area contributed by atoms with Crippen LogP contribution in [-0.4, -0.2) is 43.6 Å². The summed E-state index contributed by atoms with van der Waals surface area (Å²) >= 11 is 0. The summed E-state index contributed by atoms with van der Waals surface area (Å²) in [4.78, 5) is 57.8. The summed E-state index contributed by atoms with van der Waals surface area (Å²) in [6.07, 6.45) is 1.36. The number of H-pyrrole nitrogens is 1. The number of amides is 1. The number of para-hydroxylation sites is 2. The van der Waals surface area contributed by atoms with Gasteiger partial charge in [-0.25, -0.2) is 0 Å². The fraction of sp³-hybridized carbons (Fsp3) is 0.179. The van der Waals surface area contributed by atoms with Crippen LogP contribution in [0.1, 0.15) is 23.5 Å². The van der Waals surface area contributed by atoms with Gasteiger partial charge in [0.1, 0.15) is 11.4 Å². The molecule has 0 aliphatic rings. The molecule has 0 radical (unpaired) electrons. The highest BCUT2D eigenvalue weighted by Crippen LogP contribution is 2.32. The molecule has 0 aliphatic carbocycles. The normalized spacial score (nSPS) is 11.9. The number of pyridine rings is 1. The van der Waals surface area contributed by atoms with Crippen LogP contribution in [0.25, 0.3) is 16.7 Å². The molecule has 2 aromatic carbocycles. The minimum Gasteiger partial charge on any atom is -0.497 e. The molecule has 39 heavy (non-hydrogen) atoms. The van der Waals surface area contributed by atoms with Gasteiger partial charge in [0.05, 0.1) is 23.7 Å². The molecule has 11 heteroatoms. The third kappa shape index (κ3) is 5.01. The van der Waals surface area contributed by atoms with Crippen LogP contribution in [-0.2, 0) is 11.3 Å². The lowest BCUT2D eigenvalue weighted by Gasteiger charge is -2.19. The maximum atomic E-state index is 13.4. The predicted molar refractivity (Wildman–Crippen MR) is 144 cm³/mol. The van der Waals surface area contributed by atoms with Crippen LogP contribution in [0.4, 0.5) is 0 Å². The van der Waals surface area contributed by atoms with Crippen LogP contribution in [0.2, 0.25) is 0 Å². The number of hydrogen-bond acceptors (Lipinski definition) is 7. The second kappa shape index (κ2) is 10.7. The van der Waals surface area contributed by atoms with Gasteiger partial charge < -0.3 is 24.7 Å². The van der Waals surface area contributed by atoms with Gasteiger partial charge in [0, 0.05) is 31.6 Å². The Balaban J connectivity index is 1.43. The molecule has 5 aromatic rings. The molecule has 0 fully saturated rings. The summed E-state index contributed by atoms with van der Waals surface area (Å²) in [5.41, 5.74) is -0.0620. The molecule has 5 rings (SSSR count). The smallest absolute Gasteiger partial charge is 0.316 e. The van der Waals surface area contributed by atoms with Crippen molar-refractivity contribution in [1.29, 1.82) is 0 Å². The lowest BCUT2D eigenvalue weighted by atomic mass is 9.89. The van der Waals surface area contributed by atoms with Gasteiger partial charge in [0.15, 0.2) is 0 Å². The molecule has 1 unspecified atom stereocenters. The summed E-state index contributed by atoms with van der Waals surface area (Å²) in [5, 5.41) is 13.5. The molecule has 0 bridgehead atoms. The van der Waals surface area contributed by atoms with Crippen LogP contribution in [0, 0.1) is 0 Å². The standard InChI is InChI=1S/C28H25N5O6/c1-39-18-11-9-17(10-12-18)19(24-25(35)31-22-8-4-5-14-33(22)27(24)37)16-23(34)29-13-15-32-21-7-3-2-6-20(21)30-26(36)28(32)38/h2-12,14,19,35H,13,15-16H2,1H3,(H,29,34)(H,30,36). The summed E-state index contributed by atoms with van der Waals surface area (Å²) in [6.45, 7) is 0.121. The Labute approximate surface area is 221 Å². The van der Waals surface area contributed by atoms with Crippen molar-refractivity contribution in [3.63, 3.8) is 0 Å². The van der Waals surface area contributed by atoms with Crippen molar-refractivity contribution in [2.45, 2.75) is 18.9 Å². The van der Waals surface area contributed by atoms with Gasteiger partial charge in [0.25, 0.3) is 5.56 Å². The number of hydrogen-bond donors (Lipinski definition) is 3. The molecular formula is C28H25N5O6. The highest BCUT2D eigenvalue weighted by atomic mass is 16.5. The number of nitrogens with zero attached hydrogens (tertiary/aromatic N) is 3. The molecule has 11 nitrogen and oxygen atoms in total. The quantitative estimate of drug-likeness (QED) is 0.261. The highest BCUT2D eigenvalue weighted by Gasteiger charge is 2.26. The molecule has 1 atom stereocenters. The van der Waals surface area contributed by atoms with Gasteiger partial charge in [-0.05, 0) is 42.0 Å². The number of aromatic amines is 1. The van der Waals surface area contributed by atoms with E-state index in [1.165, 1.54) is 16.1 Å². The maximum absolute atomic E-state index is 13.4. The Bertz CT molecular complexity index is 1860. The fourth-order valence-corrected chi connectivity index (χ4v) is 4.63. The average molecular weight is 528 g/mol. The van der Waals surface area contributed by atoms with Gasteiger partial charge in [-0.3, -0.25) is 23.6 Å². The molecule has 0 spiro atoms. The molecule has 1 amide bonds. The number of methoxy groups -OCH3 is 1. The Morgan fingerprint density at radius 2 is 1.77 bits per heavy atom. The number of benzene rings is 2. The fourth-order valence-electron chi connectivity index (χ4n) is 4.63. The predicted octanol–water partition coefficient (Wildman–Crippen LogP) is 1.75. The van der Waals surface area contributed by atoms with Crippen LogP contribution >= 0.6 is 0 Å².